The van der Waals surface area contributed by atoms with Crippen molar-refractivity contribution >= 4 is 23.5 Å². The van der Waals surface area contributed by atoms with Gasteiger partial charge in [0.25, 0.3) is 0 Å². The summed E-state index contributed by atoms with van der Waals surface area (Å²) in [6.45, 7) is 1.40. The lowest BCUT2D eigenvalue weighted by atomic mass is 10.1. The Morgan fingerprint density at radius 2 is 1.56 bits per heavy atom. The fourth-order valence-corrected chi connectivity index (χ4v) is 1.69. The normalized spacial score (nSPS) is 10.3. The molecule has 0 fully saturated rings. The van der Waals surface area contributed by atoms with E-state index in [0.717, 1.165) is 5.56 Å². The minimum Gasteiger partial charge on any atom is -0.469 e. The van der Waals surface area contributed by atoms with E-state index in [4.69, 9.17) is 0 Å². The summed E-state index contributed by atoms with van der Waals surface area (Å²) in [6.07, 6.45) is -5.25. The monoisotopic (exact) mass is 390 g/mol. The van der Waals surface area contributed by atoms with Gasteiger partial charge in [-0.2, -0.15) is 13.2 Å². The van der Waals surface area contributed by atoms with Crippen LogP contribution in [-0.2, 0) is 35.1 Å². The maximum atomic E-state index is 11.5. The molecule has 0 aliphatic heterocycles. The van der Waals surface area contributed by atoms with E-state index in [9.17, 15) is 32.3 Å². The molecule has 1 aromatic rings. The molecule has 0 saturated heterocycles. The van der Waals surface area contributed by atoms with Gasteiger partial charge in [-0.1, -0.05) is 30.3 Å². The highest BCUT2D eigenvalue weighted by atomic mass is 19.4. The predicted octanol–water partition coefficient (Wildman–Crippen LogP) is 2.82. The van der Waals surface area contributed by atoms with Crippen molar-refractivity contribution in [1.82, 2.24) is 0 Å². The first kappa shape index (κ1) is 24.3. The zero-order valence-corrected chi connectivity index (χ0v) is 15.0. The van der Waals surface area contributed by atoms with Crippen molar-refractivity contribution < 1.29 is 41.8 Å². The van der Waals surface area contributed by atoms with Crippen LogP contribution in [0.2, 0.25) is 0 Å². The number of carbonyl (C=O) groups excluding carboxylic acids is 4. The van der Waals surface area contributed by atoms with Crippen LogP contribution in [0.4, 0.5) is 13.2 Å². The third kappa shape index (κ3) is 12.3. The number of alkyl halides is 3. The molecule has 9 heteroatoms. The summed E-state index contributed by atoms with van der Waals surface area (Å²) in [6, 6.07) is 9.72. The Morgan fingerprint density at radius 1 is 0.963 bits per heavy atom. The third-order valence-corrected chi connectivity index (χ3v) is 3.03. The molecular weight excluding hydrogens is 369 g/mol. The van der Waals surface area contributed by atoms with Crippen LogP contribution < -0.4 is 0 Å². The van der Waals surface area contributed by atoms with Gasteiger partial charge < -0.3 is 9.47 Å². The van der Waals surface area contributed by atoms with Crippen molar-refractivity contribution in [2.75, 3.05) is 13.7 Å². The number of esters is 2. The molecule has 0 saturated carbocycles. The van der Waals surface area contributed by atoms with Crippen LogP contribution in [0.1, 0.15) is 31.7 Å². The SMILES string of the molecule is CCOC(=O)CC(=O)C(F)(F)F.COC(=O)CC(=O)CCc1ccccc1. The molecule has 0 aromatic heterocycles. The highest BCUT2D eigenvalue weighted by Gasteiger charge is 2.39. The smallest absolute Gasteiger partial charge is 0.450 e. The maximum Gasteiger partial charge on any atom is 0.450 e. The van der Waals surface area contributed by atoms with E-state index in [1.165, 1.54) is 14.0 Å². The average Bonchev–Trinajstić information content (AvgIpc) is 2.60. The molecule has 0 heterocycles. The molecule has 0 aliphatic carbocycles. The Hall–Kier alpha value is -2.71. The zero-order valence-electron chi connectivity index (χ0n) is 15.0. The molecular formula is C18H21F3O6. The Morgan fingerprint density at radius 3 is 2.04 bits per heavy atom. The number of ketones is 2. The van der Waals surface area contributed by atoms with Gasteiger partial charge in [0.05, 0.1) is 13.7 Å². The summed E-state index contributed by atoms with van der Waals surface area (Å²) >= 11 is 0. The van der Waals surface area contributed by atoms with Gasteiger partial charge >= 0.3 is 18.1 Å². The van der Waals surface area contributed by atoms with Crippen molar-refractivity contribution in [3.05, 3.63) is 35.9 Å². The molecule has 0 N–H and O–H groups in total. The molecule has 0 radical (unpaired) electrons. The lowest BCUT2D eigenvalue weighted by Crippen LogP contribution is -2.26. The minimum absolute atomic E-state index is 0.0377. The third-order valence-electron chi connectivity index (χ3n) is 3.03. The van der Waals surface area contributed by atoms with Gasteiger partial charge in [0.1, 0.15) is 18.6 Å². The summed E-state index contributed by atoms with van der Waals surface area (Å²) in [7, 11) is 1.28. The fourth-order valence-electron chi connectivity index (χ4n) is 1.69. The first-order chi connectivity index (χ1) is 12.6. The van der Waals surface area contributed by atoms with Crippen molar-refractivity contribution in [2.24, 2.45) is 0 Å². The van der Waals surface area contributed by atoms with E-state index in [-0.39, 0.29) is 18.8 Å². The summed E-state index contributed by atoms with van der Waals surface area (Å²) in [4.78, 5) is 42.6. The van der Waals surface area contributed by atoms with Gasteiger partial charge in [0.15, 0.2) is 0 Å². The quantitative estimate of drug-likeness (QED) is 0.501. The largest absolute Gasteiger partial charge is 0.469 e. The second-order valence-electron chi connectivity index (χ2n) is 5.18. The van der Waals surface area contributed by atoms with Gasteiger partial charge in [0.2, 0.25) is 5.78 Å². The number of methoxy groups -OCH3 is 1. The highest BCUT2D eigenvalue weighted by molar-refractivity contribution is 5.98. The van der Waals surface area contributed by atoms with Crippen LogP contribution in [0.25, 0.3) is 0 Å². The molecule has 0 bridgehead atoms. The summed E-state index contributed by atoms with van der Waals surface area (Å²) in [5.74, 6) is -3.78. The number of halogens is 3. The standard InChI is InChI=1S/C12H14O3.C6H7F3O3/c1-15-12(14)9-11(13)8-7-10-5-3-2-4-6-10;1-2-12-5(11)3-4(10)6(7,8)9/h2-6H,7-9H2,1H3;2-3H2,1H3. The number of ether oxygens (including phenoxy) is 2. The van der Waals surface area contributed by atoms with Crippen molar-refractivity contribution in [3.63, 3.8) is 0 Å². The Balaban J connectivity index is 0.000000516. The Kier molecular flexibility index (Phi) is 11.3. The average molecular weight is 390 g/mol. The van der Waals surface area contributed by atoms with Gasteiger partial charge in [-0.25, -0.2) is 0 Å². The summed E-state index contributed by atoms with van der Waals surface area (Å²) < 4.78 is 43.0. The zero-order chi connectivity index (χ0) is 20.9. The molecule has 0 spiro atoms. The van der Waals surface area contributed by atoms with Gasteiger partial charge in [0, 0.05) is 6.42 Å². The molecule has 0 aliphatic rings. The van der Waals surface area contributed by atoms with Gasteiger partial charge in [-0.15, -0.1) is 0 Å². The number of hydrogen-bond donors (Lipinski definition) is 0. The number of aryl methyl sites for hydroxylation is 1. The molecule has 150 valence electrons. The van der Waals surface area contributed by atoms with Crippen molar-refractivity contribution in [3.8, 4) is 0 Å². The number of rotatable bonds is 8. The molecule has 1 aromatic carbocycles. The highest BCUT2D eigenvalue weighted by Crippen LogP contribution is 2.17. The van der Waals surface area contributed by atoms with E-state index >= 15 is 0 Å². The molecule has 0 atom stereocenters. The number of hydrogen-bond acceptors (Lipinski definition) is 6. The second-order valence-corrected chi connectivity index (χ2v) is 5.18. The predicted molar refractivity (Wildman–Crippen MR) is 88.7 cm³/mol. The van der Waals surface area contributed by atoms with Crippen LogP contribution >= 0.6 is 0 Å². The van der Waals surface area contributed by atoms with Crippen molar-refractivity contribution in [2.45, 2.75) is 38.8 Å². The second kappa shape index (κ2) is 12.6. The van der Waals surface area contributed by atoms with E-state index in [1.54, 1.807) is 0 Å². The lowest BCUT2D eigenvalue weighted by Gasteiger charge is -2.03. The minimum atomic E-state index is -4.95. The van der Waals surface area contributed by atoms with Crippen molar-refractivity contribution in [1.29, 1.82) is 0 Å². The van der Waals surface area contributed by atoms with E-state index in [2.05, 4.69) is 9.47 Å². The number of Topliss-reactive ketones (excluding diaryl/α,β-unsaturated/α-hetero) is 2. The molecule has 0 unspecified atom stereocenters. The topological polar surface area (TPSA) is 86.7 Å². The maximum absolute atomic E-state index is 11.5. The van der Waals surface area contributed by atoms with Crippen LogP contribution in [-0.4, -0.2) is 43.4 Å². The Bertz CT molecular complexity index is 626. The lowest BCUT2D eigenvalue weighted by molar-refractivity contribution is -0.174. The first-order valence-corrected chi connectivity index (χ1v) is 7.98. The van der Waals surface area contributed by atoms with Crippen LogP contribution in [0.15, 0.2) is 30.3 Å². The van der Waals surface area contributed by atoms with Gasteiger partial charge in [-0.05, 0) is 18.9 Å². The number of carbonyl (C=O) groups is 4. The van der Waals surface area contributed by atoms with E-state index < -0.39 is 30.3 Å². The van der Waals surface area contributed by atoms with E-state index in [0.29, 0.717) is 12.8 Å². The summed E-state index contributed by atoms with van der Waals surface area (Å²) in [5, 5.41) is 0. The Labute approximate surface area is 154 Å². The molecule has 0 amide bonds. The first-order valence-electron chi connectivity index (χ1n) is 7.98. The molecule has 1 rings (SSSR count). The fraction of sp³-hybridized carbons (Fsp3) is 0.444. The van der Waals surface area contributed by atoms with E-state index in [1.807, 2.05) is 30.3 Å². The van der Waals surface area contributed by atoms with Crippen LogP contribution in [0, 0.1) is 0 Å². The van der Waals surface area contributed by atoms with Gasteiger partial charge in [-0.3, -0.25) is 19.2 Å². The number of benzene rings is 1. The molecule has 6 nitrogen and oxygen atoms in total. The summed E-state index contributed by atoms with van der Waals surface area (Å²) in [5.41, 5.74) is 1.11. The van der Waals surface area contributed by atoms with Crippen LogP contribution in [0.5, 0.6) is 0 Å². The molecule has 27 heavy (non-hydrogen) atoms. The van der Waals surface area contributed by atoms with Crippen LogP contribution in [0.3, 0.4) is 0 Å².